The molecule has 0 amide bonds. The number of hydrogen-bond acceptors (Lipinski definition) is 5. The van der Waals surface area contributed by atoms with Gasteiger partial charge in [0.2, 0.25) is 0 Å². The molecule has 18 heavy (non-hydrogen) atoms. The lowest BCUT2D eigenvalue weighted by Gasteiger charge is -2.16. The van der Waals surface area contributed by atoms with Crippen molar-refractivity contribution >= 4 is 17.1 Å². The Hall–Kier alpha value is -1.92. The molecule has 0 aliphatic rings. The summed E-state index contributed by atoms with van der Waals surface area (Å²) in [6, 6.07) is 4.77. The van der Waals surface area contributed by atoms with Crippen LogP contribution in [0.4, 0.5) is 0 Å². The summed E-state index contributed by atoms with van der Waals surface area (Å²) < 4.78 is 5.28. The third-order valence-electron chi connectivity index (χ3n) is 2.61. The van der Waals surface area contributed by atoms with Crippen LogP contribution in [0.3, 0.4) is 0 Å². The predicted octanol–water partition coefficient (Wildman–Crippen LogP) is 1.01. The third kappa shape index (κ3) is 2.49. The first-order valence-corrected chi connectivity index (χ1v) is 5.42. The average Bonchev–Trinajstić information content (AvgIpc) is 2.65. The highest BCUT2D eigenvalue weighted by atomic mass is 16.4. The molecule has 0 aliphatic carbocycles. The van der Waals surface area contributed by atoms with Gasteiger partial charge in [-0.3, -0.25) is 4.79 Å². The number of hydrogen-bond donors (Lipinski definition) is 3. The number of oxazole rings is 1. The number of aromatic nitrogens is 1. The number of fused-ring (bicyclic) bond motifs is 1. The van der Waals surface area contributed by atoms with Gasteiger partial charge in [0.25, 0.3) is 0 Å². The van der Waals surface area contributed by atoms with E-state index in [-0.39, 0.29) is 0 Å². The third-order valence-corrected chi connectivity index (χ3v) is 2.61. The van der Waals surface area contributed by atoms with Crippen LogP contribution in [0, 0.1) is 6.92 Å². The lowest BCUT2D eigenvalue weighted by atomic mass is 10.0. The summed E-state index contributed by atoms with van der Waals surface area (Å²) in [6.07, 6.45) is -3.13. The Bertz CT molecular complexity index is 577. The van der Waals surface area contributed by atoms with Crippen LogP contribution in [0.5, 0.6) is 0 Å². The lowest BCUT2D eigenvalue weighted by Crippen LogP contribution is -2.21. The number of aliphatic carboxylic acids is 1. The molecule has 2 atom stereocenters. The van der Waals surface area contributed by atoms with Gasteiger partial charge in [0.1, 0.15) is 11.6 Å². The van der Waals surface area contributed by atoms with Gasteiger partial charge in [-0.2, -0.15) is 0 Å². The number of nitrogens with zero attached hydrogens (tertiary/aromatic N) is 1. The summed E-state index contributed by atoms with van der Waals surface area (Å²) >= 11 is 0. The molecule has 0 radical (unpaired) electrons. The molecule has 1 aromatic heterocycles. The van der Waals surface area contributed by atoms with Crippen molar-refractivity contribution in [3.05, 3.63) is 29.7 Å². The summed E-state index contributed by atoms with van der Waals surface area (Å²) in [5.74, 6) is -0.664. The minimum Gasteiger partial charge on any atom is -0.481 e. The summed E-state index contributed by atoms with van der Waals surface area (Å²) in [4.78, 5) is 14.6. The molecule has 0 saturated heterocycles. The lowest BCUT2D eigenvalue weighted by molar-refractivity contribution is -0.141. The fourth-order valence-corrected chi connectivity index (χ4v) is 1.76. The topological polar surface area (TPSA) is 104 Å². The van der Waals surface area contributed by atoms with Crippen LogP contribution in [0.1, 0.15) is 24.0 Å². The Balaban J connectivity index is 2.26. The fraction of sp³-hybridized carbons (Fsp3) is 0.333. The van der Waals surface area contributed by atoms with E-state index in [0.29, 0.717) is 22.6 Å². The molecule has 0 spiro atoms. The number of carbonyl (C=O) groups is 1. The molecule has 6 heteroatoms. The van der Waals surface area contributed by atoms with Crippen LogP contribution >= 0.6 is 0 Å². The van der Waals surface area contributed by atoms with Crippen molar-refractivity contribution in [2.75, 3.05) is 0 Å². The minimum absolute atomic E-state index is 0.407. The number of rotatable bonds is 4. The summed E-state index contributed by atoms with van der Waals surface area (Å²) in [7, 11) is 0. The maximum atomic E-state index is 10.5. The molecule has 3 N–H and O–H groups in total. The van der Waals surface area contributed by atoms with Crippen molar-refractivity contribution in [2.45, 2.75) is 25.6 Å². The summed E-state index contributed by atoms with van der Waals surface area (Å²) in [5.41, 5.74) is 1.55. The largest absolute Gasteiger partial charge is 0.481 e. The van der Waals surface area contributed by atoms with Crippen LogP contribution < -0.4 is 0 Å². The van der Waals surface area contributed by atoms with Crippen LogP contribution in [0.2, 0.25) is 0 Å². The average molecular weight is 251 g/mol. The Morgan fingerprint density at radius 1 is 1.44 bits per heavy atom. The van der Waals surface area contributed by atoms with Gasteiger partial charge in [-0.25, -0.2) is 4.98 Å². The first-order chi connectivity index (χ1) is 8.47. The van der Waals surface area contributed by atoms with Gasteiger partial charge in [-0.05, 0) is 17.7 Å². The second kappa shape index (κ2) is 4.75. The quantitative estimate of drug-likeness (QED) is 0.749. The van der Waals surface area contributed by atoms with E-state index < -0.39 is 24.6 Å². The fourth-order valence-electron chi connectivity index (χ4n) is 1.76. The molecule has 1 aromatic carbocycles. The minimum atomic E-state index is -1.35. The normalized spacial score (nSPS) is 14.6. The first-order valence-electron chi connectivity index (χ1n) is 5.42. The van der Waals surface area contributed by atoms with Gasteiger partial charge in [-0.1, -0.05) is 6.07 Å². The van der Waals surface area contributed by atoms with Crippen LogP contribution in [0.25, 0.3) is 11.1 Å². The predicted molar refractivity (Wildman–Crippen MR) is 62.0 cm³/mol. The molecular formula is C12H13NO5. The second-order valence-corrected chi connectivity index (χ2v) is 4.07. The van der Waals surface area contributed by atoms with Gasteiger partial charge in [0.05, 0.1) is 12.5 Å². The molecule has 2 unspecified atom stereocenters. The molecule has 0 bridgehead atoms. The standard InChI is InChI=1S/C12H13NO5/c1-6-13-8-4-7(2-3-10(8)18-6)12(17)9(14)5-11(15)16/h2-4,9,12,14,17H,5H2,1H3,(H,15,16). The smallest absolute Gasteiger partial charge is 0.306 e. The van der Waals surface area contributed by atoms with E-state index in [1.54, 1.807) is 25.1 Å². The van der Waals surface area contributed by atoms with Crippen molar-refractivity contribution in [1.29, 1.82) is 0 Å². The van der Waals surface area contributed by atoms with Gasteiger partial charge >= 0.3 is 5.97 Å². The zero-order chi connectivity index (χ0) is 13.3. The first kappa shape index (κ1) is 12.5. The van der Waals surface area contributed by atoms with E-state index in [1.807, 2.05) is 0 Å². The molecule has 1 heterocycles. The SMILES string of the molecule is Cc1nc2cc(C(O)C(O)CC(=O)O)ccc2o1. The Labute approximate surface area is 102 Å². The zero-order valence-electron chi connectivity index (χ0n) is 9.70. The van der Waals surface area contributed by atoms with E-state index in [9.17, 15) is 15.0 Å². The van der Waals surface area contributed by atoms with Crippen LogP contribution in [-0.4, -0.2) is 32.4 Å². The number of carboxylic acid groups (broad SMARTS) is 1. The number of aryl methyl sites for hydroxylation is 1. The highest BCUT2D eigenvalue weighted by molar-refractivity contribution is 5.73. The maximum Gasteiger partial charge on any atom is 0.306 e. The van der Waals surface area contributed by atoms with Gasteiger partial charge < -0.3 is 19.7 Å². The van der Waals surface area contributed by atoms with E-state index >= 15 is 0 Å². The van der Waals surface area contributed by atoms with E-state index in [1.165, 1.54) is 0 Å². The number of carboxylic acids is 1. The Morgan fingerprint density at radius 2 is 2.17 bits per heavy atom. The van der Waals surface area contributed by atoms with Crippen molar-refractivity contribution in [1.82, 2.24) is 4.98 Å². The van der Waals surface area contributed by atoms with Gasteiger partial charge in [0.15, 0.2) is 11.5 Å². The van der Waals surface area contributed by atoms with Gasteiger partial charge in [0, 0.05) is 6.92 Å². The molecule has 0 saturated carbocycles. The summed E-state index contributed by atoms with van der Waals surface area (Å²) in [5, 5.41) is 27.9. The van der Waals surface area contributed by atoms with Crippen molar-refractivity contribution < 1.29 is 24.5 Å². The van der Waals surface area contributed by atoms with E-state index in [4.69, 9.17) is 9.52 Å². The van der Waals surface area contributed by atoms with Crippen molar-refractivity contribution in [3.63, 3.8) is 0 Å². The molecular weight excluding hydrogens is 238 g/mol. The van der Waals surface area contributed by atoms with E-state index in [0.717, 1.165) is 0 Å². The van der Waals surface area contributed by atoms with Crippen LogP contribution in [-0.2, 0) is 4.79 Å². The molecule has 2 aromatic rings. The zero-order valence-corrected chi connectivity index (χ0v) is 9.70. The van der Waals surface area contributed by atoms with Gasteiger partial charge in [-0.15, -0.1) is 0 Å². The Kier molecular flexibility index (Phi) is 3.31. The molecule has 0 aliphatic heterocycles. The summed E-state index contributed by atoms with van der Waals surface area (Å²) in [6.45, 7) is 1.70. The molecule has 6 nitrogen and oxygen atoms in total. The molecule has 0 fully saturated rings. The van der Waals surface area contributed by atoms with E-state index in [2.05, 4.69) is 4.98 Å². The number of aliphatic hydroxyl groups is 2. The highest BCUT2D eigenvalue weighted by Gasteiger charge is 2.21. The molecule has 96 valence electrons. The van der Waals surface area contributed by atoms with Crippen molar-refractivity contribution in [2.24, 2.45) is 0 Å². The second-order valence-electron chi connectivity index (χ2n) is 4.07. The maximum absolute atomic E-state index is 10.5. The number of aliphatic hydroxyl groups excluding tert-OH is 2. The Morgan fingerprint density at radius 3 is 2.83 bits per heavy atom. The van der Waals surface area contributed by atoms with Crippen molar-refractivity contribution in [3.8, 4) is 0 Å². The van der Waals surface area contributed by atoms with Crippen LogP contribution in [0.15, 0.2) is 22.6 Å². The molecule has 2 rings (SSSR count). The highest BCUT2D eigenvalue weighted by Crippen LogP contribution is 2.24. The monoisotopic (exact) mass is 251 g/mol. The number of benzene rings is 1.